The van der Waals surface area contributed by atoms with Crippen LogP contribution in [0.5, 0.6) is 11.5 Å². The van der Waals surface area contributed by atoms with E-state index in [4.69, 9.17) is 21.1 Å². The Labute approximate surface area is 115 Å². The molecule has 0 atom stereocenters. The summed E-state index contributed by atoms with van der Waals surface area (Å²) in [4.78, 5) is 22.1. The van der Waals surface area contributed by atoms with Crippen LogP contribution in [0.4, 0.5) is 0 Å². The number of fused-ring (bicyclic) bond motifs is 1. The molecule has 1 aromatic carbocycles. The van der Waals surface area contributed by atoms with Crippen molar-refractivity contribution in [3.05, 3.63) is 22.2 Å². The van der Waals surface area contributed by atoms with Gasteiger partial charge in [0.05, 0.1) is 11.0 Å². The molecule has 0 fully saturated rings. The van der Waals surface area contributed by atoms with Crippen molar-refractivity contribution in [2.45, 2.75) is 20.3 Å². The maximum absolute atomic E-state index is 11.2. The number of halogens is 1. The lowest BCUT2D eigenvalue weighted by atomic mass is 9.85. The molecule has 102 valence electrons. The van der Waals surface area contributed by atoms with E-state index in [0.29, 0.717) is 33.9 Å². The number of aliphatic carboxylic acids is 1. The van der Waals surface area contributed by atoms with E-state index in [0.717, 1.165) is 0 Å². The molecule has 1 aromatic rings. The van der Waals surface area contributed by atoms with Gasteiger partial charge in [0.25, 0.3) is 0 Å². The van der Waals surface area contributed by atoms with Gasteiger partial charge in [-0.15, -0.1) is 0 Å². The van der Waals surface area contributed by atoms with Crippen LogP contribution >= 0.6 is 11.6 Å². The summed E-state index contributed by atoms with van der Waals surface area (Å²) in [5, 5.41) is 9.48. The number of carboxylic acids is 1. The summed E-state index contributed by atoms with van der Waals surface area (Å²) in [6.07, 6.45) is 0.817. The van der Waals surface area contributed by atoms with Gasteiger partial charge in [0.1, 0.15) is 0 Å². The van der Waals surface area contributed by atoms with E-state index in [-0.39, 0.29) is 13.2 Å². The van der Waals surface area contributed by atoms with Crippen molar-refractivity contribution in [3.63, 3.8) is 0 Å². The molecule has 0 aromatic heterocycles. The van der Waals surface area contributed by atoms with Crippen LogP contribution in [0.25, 0.3) is 0 Å². The zero-order chi connectivity index (χ0) is 14.2. The minimum Gasteiger partial charge on any atom is -0.481 e. The minimum atomic E-state index is -0.994. The molecule has 19 heavy (non-hydrogen) atoms. The smallest absolute Gasteiger partial charge is 0.309 e. The molecule has 0 amide bonds. The summed E-state index contributed by atoms with van der Waals surface area (Å²) in [7, 11) is 0. The molecule has 0 radical (unpaired) electrons. The molecule has 0 bridgehead atoms. The highest BCUT2D eigenvalue weighted by Crippen LogP contribution is 2.44. The highest BCUT2D eigenvalue weighted by Gasteiger charge is 2.33. The fourth-order valence-corrected chi connectivity index (χ4v) is 2.15. The number of carbonyl (C=O) groups is 2. The molecule has 1 N–H and O–H groups in total. The molecule has 0 saturated carbocycles. The molecule has 1 aliphatic heterocycles. The maximum atomic E-state index is 11.2. The lowest BCUT2D eigenvalue weighted by Crippen LogP contribution is -2.26. The van der Waals surface area contributed by atoms with Gasteiger partial charge in [0, 0.05) is 10.6 Å². The Kier molecular flexibility index (Phi) is 3.41. The van der Waals surface area contributed by atoms with Crippen molar-refractivity contribution in [1.29, 1.82) is 0 Å². The number of carbonyl (C=O) groups excluding carboxylic acids is 1. The average Bonchev–Trinajstić information content (AvgIpc) is 2.81. The topological polar surface area (TPSA) is 72.8 Å². The first kappa shape index (κ1) is 13.7. The lowest BCUT2D eigenvalue weighted by Gasteiger charge is -2.21. The van der Waals surface area contributed by atoms with Crippen molar-refractivity contribution in [2.24, 2.45) is 5.41 Å². The quantitative estimate of drug-likeness (QED) is 0.860. The third kappa shape index (κ3) is 2.38. The van der Waals surface area contributed by atoms with E-state index >= 15 is 0 Å². The summed E-state index contributed by atoms with van der Waals surface area (Å²) < 4.78 is 10.6. The van der Waals surface area contributed by atoms with Gasteiger partial charge in [-0.05, 0) is 26.3 Å². The van der Waals surface area contributed by atoms with Crippen LogP contribution in [0.2, 0.25) is 5.02 Å². The Balaban J connectivity index is 2.50. The molecule has 0 saturated heterocycles. The number of aldehydes is 1. The second-order valence-electron chi connectivity index (χ2n) is 4.97. The van der Waals surface area contributed by atoms with Crippen LogP contribution < -0.4 is 9.47 Å². The Hall–Kier alpha value is -1.75. The van der Waals surface area contributed by atoms with E-state index in [1.54, 1.807) is 13.8 Å². The number of hydrogen-bond donors (Lipinski definition) is 1. The first-order valence-electron chi connectivity index (χ1n) is 5.66. The third-order valence-corrected chi connectivity index (χ3v) is 3.38. The second-order valence-corrected chi connectivity index (χ2v) is 5.38. The Morgan fingerprint density at radius 1 is 1.47 bits per heavy atom. The van der Waals surface area contributed by atoms with Gasteiger partial charge in [-0.2, -0.15) is 0 Å². The lowest BCUT2D eigenvalue weighted by molar-refractivity contribution is -0.146. The summed E-state index contributed by atoms with van der Waals surface area (Å²) >= 11 is 6.12. The van der Waals surface area contributed by atoms with Crippen molar-refractivity contribution in [2.75, 3.05) is 6.79 Å². The average molecular weight is 285 g/mol. The fourth-order valence-electron chi connectivity index (χ4n) is 1.88. The van der Waals surface area contributed by atoms with Gasteiger partial charge in [-0.25, -0.2) is 0 Å². The van der Waals surface area contributed by atoms with Crippen molar-refractivity contribution in [3.8, 4) is 11.5 Å². The maximum Gasteiger partial charge on any atom is 0.309 e. The first-order valence-corrected chi connectivity index (χ1v) is 6.04. The largest absolute Gasteiger partial charge is 0.481 e. The van der Waals surface area contributed by atoms with Crippen LogP contribution in [0.1, 0.15) is 29.8 Å². The standard InChI is InChI=1S/C13H13ClO5/c1-13(2,12(16)17)4-8-9(14)3-7(5-15)10-11(8)19-6-18-10/h3,5H,4,6H2,1-2H3,(H,16,17). The zero-order valence-electron chi connectivity index (χ0n) is 10.5. The molecule has 6 heteroatoms. The van der Waals surface area contributed by atoms with Gasteiger partial charge in [0.2, 0.25) is 6.79 Å². The van der Waals surface area contributed by atoms with Gasteiger partial charge in [-0.1, -0.05) is 11.6 Å². The molecule has 0 spiro atoms. The molecule has 2 rings (SSSR count). The Morgan fingerprint density at radius 3 is 2.68 bits per heavy atom. The second kappa shape index (κ2) is 4.74. The third-order valence-electron chi connectivity index (χ3n) is 3.04. The molecule has 0 aliphatic carbocycles. The van der Waals surface area contributed by atoms with Crippen molar-refractivity contribution in [1.82, 2.24) is 0 Å². The monoisotopic (exact) mass is 284 g/mol. The van der Waals surface area contributed by atoms with E-state index in [9.17, 15) is 14.7 Å². The summed E-state index contributed by atoms with van der Waals surface area (Å²) in [6, 6.07) is 1.47. The van der Waals surface area contributed by atoms with Crippen LogP contribution in [0.15, 0.2) is 6.07 Å². The normalized spacial score (nSPS) is 13.4. The van der Waals surface area contributed by atoms with Gasteiger partial charge in [-0.3, -0.25) is 9.59 Å². The summed E-state index contributed by atoms with van der Waals surface area (Å²) in [6.45, 7) is 3.19. The number of carboxylic acid groups (broad SMARTS) is 1. The summed E-state index contributed by atoms with van der Waals surface area (Å²) in [5.41, 5.74) is -0.145. The zero-order valence-corrected chi connectivity index (χ0v) is 11.3. The fraction of sp³-hybridized carbons (Fsp3) is 0.385. The van der Waals surface area contributed by atoms with E-state index in [1.807, 2.05) is 0 Å². The van der Waals surface area contributed by atoms with Crippen molar-refractivity contribution < 1.29 is 24.2 Å². The minimum absolute atomic E-state index is 0.00296. The molecule has 5 nitrogen and oxygen atoms in total. The molecular weight excluding hydrogens is 272 g/mol. The number of hydrogen-bond acceptors (Lipinski definition) is 4. The predicted octanol–water partition coefficient (Wildman–Crippen LogP) is 2.53. The van der Waals surface area contributed by atoms with Crippen LogP contribution in [0.3, 0.4) is 0 Å². The highest BCUT2D eigenvalue weighted by molar-refractivity contribution is 6.32. The molecule has 1 heterocycles. The van der Waals surface area contributed by atoms with E-state index in [1.165, 1.54) is 6.07 Å². The summed E-state index contributed by atoms with van der Waals surface area (Å²) in [5.74, 6) is -0.241. The molecule has 1 aliphatic rings. The first-order chi connectivity index (χ1) is 8.86. The Bertz CT molecular complexity index is 550. The van der Waals surface area contributed by atoms with Gasteiger partial charge in [0.15, 0.2) is 17.8 Å². The van der Waals surface area contributed by atoms with Crippen LogP contribution in [-0.2, 0) is 11.2 Å². The van der Waals surface area contributed by atoms with Crippen LogP contribution in [0, 0.1) is 5.41 Å². The van der Waals surface area contributed by atoms with E-state index in [2.05, 4.69) is 0 Å². The van der Waals surface area contributed by atoms with Gasteiger partial charge < -0.3 is 14.6 Å². The number of ether oxygens (including phenoxy) is 2. The van der Waals surface area contributed by atoms with E-state index < -0.39 is 11.4 Å². The molecule has 0 unspecified atom stereocenters. The SMILES string of the molecule is CC(C)(Cc1c(Cl)cc(C=O)c2c1OCO2)C(=O)O. The van der Waals surface area contributed by atoms with Gasteiger partial charge >= 0.3 is 5.97 Å². The molecular formula is C13H13ClO5. The Morgan fingerprint density at radius 2 is 2.11 bits per heavy atom. The number of benzene rings is 1. The predicted molar refractivity (Wildman–Crippen MR) is 68.1 cm³/mol. The number of rotatable bonds is 4. The highest BCUT2D eigenvalue weighted by atomic mass is 35.5. The van der Waals surface area contributed by atoms with Crippen LogP contribution in [-0.4, -0.2) is 24.2 Å². The van der Waals surface area contributed by atoms with Crippen molar-refractivity contribution >= 4 is 23.9 Å².